The Balaban J connectivity index is 1.83. The Morgan fingerprint density at radius 2 is 1.81 bits per heavy atom. The van der Waals surface area contributed by atoms with E-state index in [1.165, 1.54) is 0 Å². The van der Waals surface area contributed by atoms with Crippen molar-refractivity contribution in [2.45, 2.75) is 20.4 Å². The number of hydrogen-bond acceptors (Lipinski definition) is 3. The summed E-state index contributed by atoms with van der Waals surface area (Å²) in [6.07, 6.45) is 0. The van der Waals surface area contributed by atoms with Crippen LogP contribution in [-0.2, 0) is 6.54 Å². The molecule has 1 heterocycles. The molecule has 0 saturated heterocycles. The minimum Gasteiger partial charge on any atom is -0.494 e. The van der Waals surface area contributed by atoms with E-state index < -0.39 is 0 Å². The molecule has 1 aromatic heterocycles. The van der Waals surface area contributed by atoms with Gasteiger partial charge in [0.2, 0.25) is 0 Å². The van der Waals surface area contributed by atoms with Gasteiger partial charge in [-0.2, -0.15) is 0 Å². The number of carbonyl (C=O) groups is 1. The van der Waals surface area contributed by atoms with Crippen LogP contribution in [0.5, 0.6) is 5.75 Å². The quantitative estimate of drug-likeness (QED) is 0.739. The second kappa shape index (κ2) is 7.87. The fourth-order valence-electron chi connectivity index (χ4n) is 2.89. The van der Waals surface area contributed by atoms with Gasteiger partial charge in [-0.1, -0.05) is 18.2 Å². The number of hydrogen-bond donors (Lipinski definition) is 1. The first-order valence-electron chi connectivity index (χ1n) is 8.75. The van der Waals surface area contributed by atoms with Crippen LogP contribution in [0.2, 0.25) is 0 Å². The van der Waals surface area contributed by atoms with Crippen molar-refractivity contribution in [2.24, 2.45) is 0 Å². The summed E-state index contributed by atoms with van der Waals surface area (Å²) in [5.41, 5.74) is 1.78. The number of pyridine rings is 1. The van der Waals surface area contributed by atoms with E-state index in [-0.39, 0.29) is 18.0 Å². The van der Waals surface area contributed by atoms with Crippen molar-refractivity contribution in [3.63, 3.8) is 0 Å². The lowest BCUT2D eigenvalue weighted by Gasteiger charge is -2.21. The van der Waals surface area contributed by atoms with Gasteiger partial charge in [0.1, 0.15) is 5.75 Å². The molecule has 26 heavy (non-hydrogen) atoms. The number of H-pyrrole nitrogens is 1. The van der Waals surface area contributed by atoms with Crippen LogP contribution in [0.1, 0.15) is 29.8 Å². The molecule has 0 bridgehead atoms. The van der Waals surface area contributed by atoms with E-state index in [2.05, 4.69) is 4.98 Å². The van der Waals surface area contributed by atoms with Gasteiger partial charge in [0.15, 0.2) is 0 Å². The summed E-state index contributed by atoms with van der Waals surface area (Å²) in [5, 5.41) is 0.951. The minimum absolute atomic E-state index is 0.108. The standard InChI is InChI=1S/C21H22N2O3/c1-3-23(21(25)15-9-11-18(12-10-15)26-4-2)14-17-13-16-7-5-6-8-19(16)22-20(17)24/h5-13H,3-4,14H2,1-2H3,(H,22,24). The number of ether oxygens (including phenoxy) is 1. The van der Waals surface area contributed by atoms with Crippen molar-refractivity contribution in [3.8, 4) is 5.75 Å². The molecule has 3 rings (SSSR count). The van der Waals surface area contributed by atoms with E-state index in [1.54, 1.807) is 29.2 Å². The van der Waals surface area contributed by atoms with Gasteiger partial charge in [0.05, 0.1) is 13.2 Å². The third-order valence-corrected chi connectivity index (χ3v) is 4.27. The number of nitrogens with zero attached hydrogens (tertiary/aromatic N) is 1. The fourth-order valence-corrected chi connectivity index (χ4v) is 2.89. The van der Waals surface area contributed by atoms with E-state index in [0.717, 1.165) is 16.7 Å². The normalized spacial score (nSPS) is 10.7. The summed E-state index contributed by atoms with van der Waals surface area (Å²) >= 11 is 0. The zero-order chi connectivity index (χ0) is 18.5. The number of benzene rings is 2. The Kier molecular flexibility index (Phi) is 5.37. The molecular formula is C21H22N2O3. The first kappa shape index (κ1) is 17.7. The third kappa shape index (κ3) is 3.77. The second-order valence-corrected chi connectivity index (χ2v) is 5.99. The monoisotopic (exact) mass is 350 g/mol. The molecule has 0 atom stereocenters. The predicted octanol–water partition coefficient (Wildman–Crippen LogP) is 3.59. The number of amides is 1. The highest BCUT2D eigenvalue weighted by Crippen LogP contribution is 2.16. The lowest BCUT2D eigenvalue weighted by Crippen LogP contribution is -2.32. The van der Waals surface area contributed by atoms with Gasteiger partial charge in [-0.05, 0) is 55.6 Å². The number of fused-ring (bicyclic) bond motifs is 1. The van der Waals surface area contributed by atoms with Crippen LogP contribution < -0.4 is 10.3 Å². The van der Waals surface area contributed by atoms with Crippen LogP contribution in [0.25, 0.3) is 10.9 Å². The molecule has 0 fully saturated rings. The highest BCUT2D eigenvalue weighted by atomic mass is 16.5. The molecule has 0 aliphatic heterocycles. The van der Waals surface area contributed by atoms with Gasteiger partial charge >= 0.3 is 0 Å². The van der Waals surface area contributed by atoms with E-state index in [9.17, 15) is 9.59 Å². The highest BCUT2D eigenvalue weighted by molar-refractivity contribution is 5.94. The Morgan fingerprint density at radius 1 is 1.08 bits per heavy atom. The number of aromatic amines is 1. The maximum absolute atomic E-state index is 12.8. The molecule has 2 aromatic carbocycles. The van der Waals surface area contributed by atoms with Gasteiger partial charge in [0.25, 0.3) is 11.5 Å². The second-order valence-electron chi connectivity index (χ2n) is 5.99. The summed E-state index contributed by atoms with van der Waals surface area (Å²) in [7, 11) is 0. The summed E-state index contributed by atoms with van der Waals surface area (Å²) in [6.45, 7) is 5.18. The molecule has 5 heteroatoms. The molecule has 134 valence electrons. The summed E-state index contributed by atoms with van der Waals surface area (Å²) in [4.78, 5) is 29.7. The Bertz CT molecular complexity index is 961. The maximum Gasteiger partial charge on any atom is 0.254 e. The largest absolute Gasteiger partial charge is 0.494 e. The zero-order valence-electron chi connectivity index (χ0n) is 15.0. The SMILES string of the molecule is CCOc1ccc(C(=O)N(CC)Cc2cc3ccccc3[nH]c2=O)cc1. The van der Waals surface area contributed by atoms with Gasteiger partial charge in [0, 0.05) is 23.2 Å². The minimum atomic E-state index is -0.165. The van der Waals surface area contributed by atoms with E-state index in [0.29, 0.717) is 24.3 Å². The van der Waals surface area contributed by atoms with Crippen LogP contribution >= 0.6 is 0 Å². The van der Waals surface area contributed by atoms with E-state index >= 15 is 0 Å². The molecule has 1 amide bonds. The molecule has 1 N–H and O–H groups in total. The molecule has 0 aliphatic carbocycles. The Hall–Kier alpha value is -3.08. The Labute approximate surface area is 152 Å². The summed E-state index contributed by atoms with van der Waals surface area (Å²) in [5.74, 6) is 0.626. The summed E-state index contributed by atoms with van der Waals surface area (Å²) < 4.78 is 5.41. The predicted molar refractivity (Wildman–Crippen MR) is 103 cm³/mol. The van der Waals surface area contributed by atoms with Crippen molar-refractivity contribution in [1.82, 2.24) is 9.88 Å². The Morgan fingerprint density at radius 3 is 2.50 bits per heavy atom. The van der Waals surface area contributed by atoms with Gasteiger partial charge in [-0.25, -0.2) is 0 Å². The smallest absolute Gasteiger partial charge is 0.254 e. The lowest BCUT2D eigenvalue weighted by molar-refractivity contribution is 0.0752. The number of nitrogens with one attached hydrogen (secondary N) is 1. The average Bonchev–Trinajstić information content (AvgIpc) is 2.66. The van der Waals surface area contributed by atoms with Crippen LogP contribution in [0, 0.1) is 0 Å². The molecule has 3 aromatic rings. The van der Waals surface area contributed by atoms with Crippen molar-refractivity contribution in [3.05, 3.63) is 76.1 Å². The van der Waals surface area contributed by atoms with Crippen LogP contribution in [0.4, 0.5) is 0 Å². The molecule has 5 nitrogen and oxygen atoms in total. The lowest BCUT2D eigenvalue weighted by atomic mass is 10.1. The number of aromatic nitrogens is 1. The first-order valence-corrected chi connectivity index (χ1v) is 8.75. The number of rotatable bonds is 6. The van der Waals surface area contributed by atoms with Crippen LogP contribution in [0.3, 0.4) is 0 Å². The maximum atomic E-state index is 12.8. The van der Waals surface area contributed by atoms with E-state index in [4.69, 9.17) is 4.74 Å². The van der Waals surface area contributed by atoms with Crippen LogP contribution in [0.15, 0.2) is 59.4 Å². The highest BCUT2D eigenvalue weighted by Gasteiger charge is 2.16. The van der Waals surface area contributed by atoms with Crippen LogP contribution in [-0.4, -0.2) is 28.9 Å². The molecule has 0 aliphatic rings. The van der Waals surface area contributed by atoms with Gasteiger partial charge in [-0.3, -0.25) is 9.59 Å². The van der Waals surface area contributed by atoms with Gasteiger partial charge in [-0.15, -0.1) is 0 Å². The molecule has 0 spiro atoms. The molecule has 0 unspecified atom stereocenters. The van der Waals surface area contributed by atoms with Crippen molar-refractivity contribution < 1.29 is 9.53 Å². The van der Waals surface area contributed by atoms with Crippen molar-refractivity contribution >= 4 is 16.8 Å². The topological polar surface area (TPSA) is 62.4 Å². The summed E-state index contributed by atoms with van der Waals surface area (Å²) in [6, 6.07) is 16.5. The number of carbonyl (C=O) groups excluding carboxylic acids is 1. The van der Waals surface area contributed by atoms with E-state index in [1.807, 2.05) is 44.2 Å². The zero-order valence-corrected chi connectivity index (χ0v) is 15.0. The average molecular weight is 350 g/mol. The molecule has 0 saturated carbocycles. The van der Waals surface area contributed by atoms with Gasteiger partial charge < -0.3 is 14.6 Å². The molecule has 0 radical (unpaired) electrons. The van der Waals surface area contributed by atoms with Crippen molar-refractivity contribution in [2.75, 3.05) is 13.2 Å². The third-order valence-electron chi connectivity index (χ3n) is 4.27. The number of para-hydroxylation sites is 1. The van der Waals surface area contributed by atoms with Crippen molar-refractivity contribution in [1.29, 1.82) is 0 Å². The molecular weight excluding hydrogens is 328 g/mol. The fraction of sp³-hybridized carbons (Fsp3) is 0.238. The first-order chi connectivity index (χ1) is 12.6.